The molecule has 1 fully saturated rings. The maximum Gasteiger partial charge on any atom is 0.420 e. The molecule has 0 unspecified atom stereocenters. The van der Waals surface area contributed by atoms with E-state index in [0.29, 0.717) is 0 Å². The molecule has 158 valence electrons. The highest BCUT2D eigenvalue weighted by Gasteiger charge is 2.42. The van der Waals surface area contributed by atoms with Crippen LogP contribution >= 0.6 is 0 Å². The molecular formula is C20H18F6O3. The average molecular weight is 420 g/mol. The molecule has 0 heterocycles. The van der Waals surface area contributed by atoms with Gasteiger partial charge >= 0.3 is 18.3 Å². The van der Waals surface area contributed by atoms with Crippen LogP contribution in [-0.2, 0) is 10.9 Å². The van der Waals surface area contributed by atoms with Crippen molar-refractivity contribution in [2.75, 3.05) is 7.11 Å². The minimum Gasteiger partial charge on any atom is -0.490 e. The molecule has 0 bridgehead atoms. The molecule has 1 saturated carbocycles. The maximum absolute atomic E-state index is 13.8. The first-order valence-electron chi connectivity index (χ1n) is 8.97. The normalized spacial score (nSPS) is 20.5. The topological polar surface area (TPSA) is 35.5 Å². The van der Waals surface area contributed by atoms with E-state index in [-0.39, 0.29) is 42.0 Å². The molecule has 2 aromatic carbocycles. The Hall–Kier alpha value is -2.45. The van der Waals surface area contributed by atoms with Gasteiger partial charge in [0.15, 0.2) is 0 Å². The van der Waals surface area contributed by atoms with Crippen LogP contribution in [0, 0.1) is 5.92 Å². The van der Waals surface area contributed by atoms with Crippen molar-refractivity contribution < 1.29 is 40.6 Å². The number of benzene rings is 2. The Bertz CT molecular complexity index is 895. The van der Waals surface area contributed by atoms with Crippen LogP contribution in [0.25, 0.3) is 10.8 Å². The first-order chi connectivity index (χ1) is 13.5. The van der Waals surface area contributed by atoms with Crippen LogP contribution in [0.1, 0.15) is 41.6 Å². The molecule has 9 heteroatoms. The molecule has 0 N–H and O–H groups in total. The molecule has 0 aromatic heterocycles. The van der Waals surface area contributed by atoms with Gasteiger partial charge in [-0.05, 0) is 54.7 Å². The summed E-state index contributed by atoms with van der Waals surface area (Å²) >= 11 is 0. The molecule has 1 aliphatic rings. The lowest BCUT2D eigenvalue weighted by Gasteiger charge is -2.31. The van der Waals surface area contributed by atoms with Crippen LogP contribution in [0.15, 0.2) is 30.3 Å². The zero-order valence-corrected chi connectivity index (χ0v) is 15.4. The summed E-state index contributed by atoms with van der Waals surface area (Å²) in [7, 11) is 1.13. The molecule has 29 heavy (non-hydrogen) atoms. The Kier molecular flexibility index (Phi) is 5.69. The van der Waals surface area contributed by atoms with E-state index in [0.717, 1.165) is 13.2 Å². The summed E-state index contributed by atoms with van der Waals surface area (Å²) in [5.74, 6) is -2.69. The molecule has 0 radical (unpaired) electrons. The van der Waals surface area contributed by atoms with Gasteiger partial charge in [0, 0.05) is 0 Å². The number of carbonyl (C=O) groups excluding carboxylic acids is 1. The van der Waals surface area contributed by atoms with Gasteiger partial charge in [0.1, 0.15) is 11.3 Å². The Morgan fingerprint density at radius 3 is 2.14 bits per heavy atom. The second kappa shape index (κ2) is 7.76. The van der Waals surface area contributed by atoms with E-state index in [1.807, 2.05) is 0 Å². The van der Waals surface area contributed by atoms with Crippen LogP contribution in [-0.4, -0.2) is 25.4 Å². The minimum absolute atomic E-state index is 0.0156. The molecule has 0 spiro atoms. The zero-order valence-electron chi connectivity index (χ0n) is 15.4. The Balaban J connectivity index is 1.96. The van der Waals surface area contributed by atoms with Crippen LogP contribution in [0.3, 0.4) is 0 Å². The van der Waals surface area contributed by atoms with E-state index >= 15 is 0 Å². The second-order valence-electron chi connectivity index (χ2n) is 6.96. The minimum atomic E-state index is -4.78. The Morgan fingerprint density at radius 2 is 1.59 bits per heavy atom. The van der Waals surface area contributed by atoms with E-state index < -0.39 is 41.7 Å². The molecule has 1 aliphatic carbocycles. The SMILES string of the molecule is COC(=O)c1cccc2c(C(F)(F)F)c(OC3CCC(C(F)(F)F)CC3)ccc12. The molecule has 3 nitrogen and oxygen atoms in total. The van der Waals surface area contributed by atoms with Crippen LogP contribution < -0.4 is 4.74 Å². The monoisotopic (exact) mass is 420 g/mol. The maximum atomic E-state index is 13.8. The van der Waals surface area contributed by atoms with Crippen molar-refractivity contribution >= 4 is 16.7 Å². The predicted molar refractivity (Wildman–Crippen MR) is 92.7 cm³/mol. The van der Waals surface area contributed by atoms with Crippen molar-refractivity contribution in [3.05, 3.63) is 41.5 Å². The Labute approximate surface area is 162 Å². The van der Waals surface area contributed by atoms with Gasteiger partial charge in [-0.15, -0.1) is 0 Å². The number of alkyl halides is 6. The number of carbonyl (C=O) groups is 1. The fraction of sp³-hybridized carbons (Fsp3) is 0.450. The van der Waals surface area contributed by atoms with Gasteiger partial charge in [0.05, 0.1) is 24.7 Å². The molecule has 0 amide bonds. The summed E-state index contributed by atoms with van der Waals surface area (Å²) in [6, 6.07) is 6.31. The number of halogens is 6. The average Bonchev–Trinajstić information content (AvgIpc) is 2.65. The highest BCUT2D eigenvalue weighted by Crippen LogP contribution is 2.44. The standard InChI is InChI=1S/C20H18F6O3/c1-28-18(27)15-4-2-3-14-13(15)9-10-16(17(14)20(24,25)26)29-12-7-5-11(6-8-12)19(21,22)23/h2-4,9-12H,5-8H2,1H3. The molecule has 0 saturated heterocycles. The quantitative estimate of drug-likeness (QED) is 0.442. The van der Waals surface area contributed by atoms with Gasteiger partial charge < -0.3 is 9.47 Å². The van der Waals surface area contributed by atoms with E-state index in [1.165, 1.54) is 24.3 Å². The third-order valence-electron chi connectivity index (χ3n) is 5.14. The first-order valence-corrected chi connectivity index (χ1v) is 8.97. The summed E-state index contributed by atoms with van der Waals surface area (Å²) < 4.78 is 90.0. The summed E-state index contributed by atoms with van der Waals surface area (Å²) in [5, 5.41) is -0.179. The zero-order chi connectivity index (χ0) is 21.4. The van der Waals surface area contributed by atoms with Crippen molar-refractivity contribution in [3.8, 4) is 5.75 Å². The lowest BCUT2D eigenvalue weighted by Crippen LogP contribution is -2.32. The number of hydrogen-bond donors (Lipinski definition) is 0. The fourth-order valence-electron chi connectivity index (χ4n) is 3.70. The van der Waals surface area contributed by atoms with Crippen LogP contribution in [0.2, 0.25) is 0 Å². The molecule has 0 atom stereocenters. The van der Waals surface area contributed by atoms with E-state index in [4.69, 9.17) is 4.74 Å². The third-order valence-corrected chi connectivity index (χ3v) is 5.14. The molecule has 3 rings (SSSR count). The second-order valence-corrected chi connectivity index (χ2v) is 6.96. The summed E-state index contributed by atoms with van der Waals surface area (Å²) in [5.41, 5.74) is -1.08. The Morgan fingerprint density at radius 1 is 0.931 bits per heavy atom. The number of ether oxygens (including phenoxy) is 2. The fourth-order valence-corrected chi connectivity index (χ4v) is 3.70. The highest BCUT2D eigenvalue weighted by atomic mass is 19.4. The van der Waals surface area contributed by atoms with Gasteiger partial charge in [-0.2, -0.15) is 26.3 Å². The van der Waals surface area contributed by atoms with Crippen LogP contribution in [0.5, 0.6) is 5.75 Å². The van der Waals surface area contributed by atoms with Crippen LogP contribution in [0.4, 0.5) is 26.3 Å². The smallest absolute Gasteiger partial charge is 0.420 e. The van der Waals surface area contributed by atoms with E-state index in [9.17, 15) is 31.1 Å². The summed E-state index contributed by atoms with van der Waals surface area (Å²) in [6.45, 7) is 0. The summed E-state index contributed by atoms with van der Waals surface area (Å²) in [4.78, 5) is 11.9. The highest BCUT2D eigenvalue weighted by molar-refractivity contribution is 6.06. The number of methoxy groups -OCH3 is 1. The van der Waals surface area contributed by atoms with Gasteiger partial charge in [0.25, 0.3) is 0 Å². The first kappa shape index (κ1) is 21.3. The molecule has 2 aromatic rings. The van der Waals surface area contributed by atoms with E-state index in [1.54, 1.807) is 0 Å². The van der Waals surface area contributed by atoms with Crippen molar-refractivity contribution in [1.29, 1.82) is 0 Å². The van der Waals surface area contributed by atoms with E-state index in [2.05, 4.69) is 4.74 Å². The number of esters is 1. The molecule has 0 aliphatic heterocycles. The van der Waals surface area contributed by atoms with Gasteiger partial charge in [-0.25, -0.2) is 4.79 Å². The van der Waals surface area contributed by atoms with Gasteiger partial charge in [-0.3, -0.25) is 0 Å². The van der Waals surface area contributed by atoms with Crippen molar-refractivity contribution in [1.82, 2.24) is 0 Å². The van der Waals surface area contributed by atoms with Gasteiger partial charge in [-0.1, -0.05) is 12.1 Å². The lowest BCUT2D eigenvalue weighted by atomic mass is 9.87. The third kappa shape index (κ3) is 4.43. The van der Waals surface area contributed by atoms with Crippen molar-refractivity contribution in [2.24, 2.45) is 5.92 Å². The lowest BCUT2D eigenvalue weighted by molar-refractivity contribution is -0.185. The van der Waals surface area contributed by atoms with Crippen molar-refractivity contribution in [3.63, 3.8) is 0 Å². The largest absolute Gasteiger partial charge is 0.490 e. The predicted octanol–water partition coefficient (Wildman–Crippen LogP) is 6.15. The summed E-state index contributed by atoms with van der Waals surface area (Å²) in [6.07, 6.45) is -10.2. The number of rotatable bonds is 3. The number of fused-ring (bicyclic) bond motifs is 1. The molecular weight excluding hydrogens is 402 g/mol. The van der Waals surface area contributed by atoms with Crippen molar-refractivity contribution in [2.45, 2.75) is 44.1 Å². The number of hydrogen-bond acceptors (Lipinski definition) is 3. The van der Waals surface area contributed by atoms with Gasteiger partial charge in [0.2, 0.25) is 0 Å².